The van der Waals surface area contributed by atoms with E-state index in [2.05, 4.69) is 15.3 Å². The second-order valence-electron chi connectivity index (χ2n) is 4.39. The Balaban J connectivity index is 1.91. The number of sulfonamides is 1. The van der Waals surface area contributed by atoms with Crippen molar-refractivity contribution >= 4 is 42.6 Å². The number of hydrogen-bond acceptors (Lipinski definition) is 6. The molecule has 1 aromatic carbocycles. The summed E-state index contributed by atoms with van der Waals surface area (Å²) < 4.78 is 23.3. The molecule has 0 saturated heterocycles. The second kappa shape index (κ2) is 5.44. The van der Waals surface area contributed by atoms with Crippen molar-refractivity contribution in [1.29, 1.82) is 0 Å². The van der Waals surface area contributed by atoms with Gasteiger partial charge in [0.05, 0.1) is 20.7 Å². The van der Waals surface area contributed by atoms with Gasteiger partial charge in [-0.25, -0.2) is 18.5 Å². The summed E-state index contributed by atoms with van der Waals surface area (Å²) >= 11 is 1.17. The number of nitrogens with zero attached hydrogens (tertiary/aromatic N) is 2. The lowest BCUT2D eigenvalue weighted by Crippen LogP contribution is -2.11. The highest BCUT2D eigenvalue weighted by Gasteiger charge is 2.13. The largest absolute Gasteiger partial charge is 0.298 e. The minimum Gasteiger partial charge on any atom is -0.298 e. The number of amides is 1. The van der Waals surface area contributed by atoms with Crippen molar-refractivity contribution in [2.75, 3.05) is 5.32 Å². The maximum atomic E-state index is 12.0. The molecule has 0 fully saturated rings. The van der Waals surface area contributed by atoms with E-state index >= 15 is 0 Å². The van der Waals surface area contributed by atoms with E-state index in [1.54, 1.807) is 24.4 Å². The smallest absolute Gasteiger partial charge is 0.259 e. The number of nitrogens with two attached hydrogens (primary N) is 1. The van der Waals surface area contributed by atoms with Crippen LogP contribution in [0.5, 0.6) is 0 Å². The molecule has 0 spiro atoms. The molecule has 1 amide bonds. The quantitative estimate of drug-likeness (QED) is 0.755. The lowest BCUT2D eigenvalue weighted by molar-refractivity contribution is 0.102. The van der Waals surface area contributed by atoms with Gasteiger partial charge in [-0.15, -0.1) is 0 Å². The first-order chi connectivity index (χ1) is 10.4. The van der Waals surface area contributed by atoms with E-state index in [0.29, 0.717) is 20.9 Å². The fourth-order valence-corrected chi connectivity index (χ4v) is 3.32. The van der Waals surface area contributed by atoms with Gasteiger partial charge >= 0.3 is 0 Å². The van der Waals surface area contributed by atoms with Gasteiger partial charge in [-0.3, -0.25) is 15.1 Å². The van der Waals surface area contributed by atoms with Gasteiger partial charge in [0, 0.05) is 12.4 Å². The van der Waals surface area contributed by atoms with E-state index in [-0.39, 0.29) is 10.8 Å². The fraction of sp³-hybridized carbons (Fsp3) is 0. The van der Waals surface area contributed by atoms with Crippen LogP contribution >= 0.6 is 11.3 Å². The number of rotatable bonds is 3. The summed E-state index contributed by atoms with van der Waals surface area (Å²) in [5.41, 5.74) is 0.992. The molecule has 0 saturated carbocycles. The van der Waals surface area contributed by atoms with Crippen molar-refractivity contribution in [2.24, 2.45) is 5.14 Å². The zero-order valence-corrected chi connectivity index (χ0v) is 12.7. The van der Waals surface area contributed by atoms with Crippen LogP contribution in [0.2, 0.25) is 0 Å². The van der Waals surface area contributed by atoms with Crippen molar-refractivity contribution in [1.82, 2.24) is 9.97 Å². The molecule has 0 aliphatic heterocycles. The molecule has 3 aromatic rings. The van der Waals surface area contributed by atoms with Gasteiger partial charge in [-0.2, -0.15) is 0 Å². The van der Waals surface area contributed by atoms with Crippen LogP contribution in [0.1, 0.15) is 10.4 Å². The molecular formula is C13H10N4O3S2. The monoisotopic (exact) mass is 334 g/mol. The normalized spacial score (nSPS) is 11.5. The summed E-state index contributed by atoms with van der Waals surface area (Å²) in [7, 11) is -3.77. The molecule has 2 heterocycles. The van der Waals surface area contributed by atoms with Crippen LogP contribution < -0.4 is 10.5 Å². The standard InChI is InChI=1S/C13H10N4O3S2/c14-22(19,20)9-3-4-10-11(6-9)21-13(16-10)17-12(18)8-2-1-5-15-7-8/h1-7H,(H2,14,19,20)(H,16,17,18). The first-order valence-corrected chi connectivity index (χ1v) is 8.44. The lowest BCUT2D eigenvalue weighted by Gasteiger charge is -1.99. The van der Waals surface area contributed by atoms with Crippen LogP contribution in [0.3, 0.4) is 0 Å². The fourth-order valence-electron chi connectivity index (χ4n) is 1.80. The second-order valence-corrected chi connectivity index (χ2v) is 6.98. The summed E-state index contributed by atoms with van der Waals surface area (Å²) in [5, 5.41) is 8.12. The molecular weight excluding hydrogens is 324 g/mol. The van der Waals surface area contributed by atoms with Crippen molar-refractivity contribution in [3.63, 3.8) is 0 Å². The molecule has 0 aliphatic carbocycles. The first-order valence-electron chi connectivity index (χ1n) is 6.08. The lowest BCUT2D eigenvalue weighted by atomic mass is 10.3. The molecule has 3 N–H and O–H groups in total. The third-order valence-corrected chi connectivity index (χ3v) is 4.68. The van der Waals surface area contributed by atoms with Crippen LogP contribution in [0.4, 0.5) is 5.13 Å². The van der Waals surface area contributed by atoms with E-state index in [0.717, 1.165) is 0 Å². The van der Waals surface area contributed by atoms with Crippen LogP contribution in [-0.2, 0) is 10.0 Å². The Labute approximate surface area is 129 Å². The van der Waals surface area contributed by atoms with Gasteiger partial charge in [0.1, 0.15) is 0 Å². The Kier molecular flexibility index (Phi) is 3.61. The number of anilines is 1. The number of pyridine rings is 1. The van der Waals surface area contributed by atoms with E-state index in [9.17, 15) is 13.2 Å². The van der Waals surface area contributed by atoms with Gasteiger partial charge in [-0.05, 0) is 30.3 Å². The molecule has 112 valence electrons. The Bertz CT molecular complexity index is 952. The van der Waals surface area contributed by atoms with E-state index in [4.69, 9.17) is 5.14 Å². The topological polar surface area (TPSA) is 115 Å². The molecule has 0 atom stereocenters. The summed E-state index contributed by atoms with van der Waals surface area (Å²) in [6, 6.07) is 7.65. The molecule has 0 bridgehead atoms. The van der Waals surface area contributed by atoms with Crippen LogP contribution in [0.25, 0.3) is 10.2 Å². The average molecular weight is 334 g/mol. The number of fused-ring (bicyclic) bond motifs is 1. The van der Waals surface area contributed by atoms with Gasteiger partial charge in [0.25, 0.3) is 5.91 Å². The molecule has 9 heteroatoms. The zero-order valence-electron chi connectivity index (χ0n) is 11.1. The summed E-state index contributed by atoms with van der Waals surface area (Å²) in [6.07, 6.45) is 3.02. The number of benzene rings is 1. The maximum absolute atomic E-state index is 12.0. The average Bonchev–Trinajstić information content (AvgIpc) is 2.88. The number of carbonyl (C=O) groups is 1. The van der Waals surface area contributed by atoms with Crippen molar-refractivity contribution in [3.8, 4) is 0 Å². The number of carbonyl (C=O) groups excluding carboxylic acids is 1. The number of nitrogens with one attached hydrogen (secondary N) is 1. The Morgan fingerprint density at radius 3 is 2.77 bits per heavy atom. The maximum Gasteiger partial charge on any atom is 0.259 e. The Morgan fingerprint density at radius 1 is 1.27 bits per heavy atom. The third-order valence-electron chi connectivity index (χ3n) is 2.83. The SMILES string of the molecule is NS(=O)(=O)c1ccc2nc(NC(=O)c3cccnc3)sc2c1. The molecule has 0 unspecified atom stereocenters. The predicted molar refractivity (Wildman–Crippen MR) is 83.2 cm³/mol. The third kappa shape index (κ3) is 2.96. The van der Waals surface area contributed by atoms with Crippen molar-refractivity contribution in [2.45, 2.75) is 4.90 Å². The van der Waals surface area contributed by atoms with Crippen LogP contribution in [-0.4, -0.2) is 24.3 Å². The number of aromatic nitrogens is 2. The van der Waals surface area contributed by atoms with Gasteiger partial charge in [-0.1, -0.05) is 11.3 Å². The number of thiazole rings is 1. The highest BCUT2D eigenvalue weighted by atomic mass is 32.2. The van der Waals surface area contributed by atoms with Crippen molar-refractivity contribution < 1.29 is 13.2 Å². The molecule has 3 rings (SSSR count). The molecule has 7 nitrogen and oxygen atoms in total. The summed E-state index contributed by atoms with van der Waals surface area (Å²) in [4.78, 5) is 20.1. The molecule has 0 radical (unpaired) electrons. The zero-order chi connectivity index (χ0) is 15.7. The number of hydrogen-bond donors (Lipinski definition) is 2. The minimum absolute atomic E-state index is 0.00814. The highest BCUT2D eigenvalue weighted by Crippen LogP contribution is 2.28. The Morgan fingerprint density at radius 2 is 2.09 bits per heavy atom. The predicted octanol–water partition coefficient (Wildman–Crippen LogP) is 1.59. The van der Waals surface area contributed by atoms with E-state index < -0.39 is 10.0 Å². The molecule has 22 heavy (non-hydrogen) atoms. The first kappa shape index (κ1) is 14.6. The van der Waals surface area contributed by atoms with E-state index in [1.807, 2.05) is 0 Å². The van der Waals surface area contributed by atoms with Crippen molar-refractivity contribution in [3.05, 3.63) is 48.3 Å². The summed E-state index contributed by atoms with van der Waals surface area (Å²) in [6.45, 7) is 0. The Hall–Kier alpha value is -2.36. The minimum atomic E-state index is -3.77. The van der Waals surface area contributed by atoms with Gasteiger partial charge < -0.3 is 0 Å². The number of primary sulfonamides is 1. The van der Waals surface area contributed by atoms with E-state index in [1.165, 1.54) is 29.7 Å². The van der Waals surface area contributed by atoms with Crippen LogP contribution in [0, 0.1) is 0 Å². The highest BCUT2D eigenvalue weighted by molar-refractivity contribution is 7.89. The summed E-state index contributed by atoms with van der Waals surface area (Å²) in [5.74, 6) is -0.334. The molecule has 2 aromatic heterocycles. The van der Waals surface area contributed by atoms with Gasteiger partial charge in [0.2, 0.25) is 10.0 Å². The van der Waals surface area contributed by atoms with Gasteiger partial charge in [0.15, 0.2) is 5.13 Å². The molecule has 0 aliphatic rings. The van der Waals surface area contributed by atoms with Crippen LogP contribution in [0.15, 0.2) is 47.6 Å².